The maximum absolute atomic E-state index is 12.6. The van der Waals surface area contributed by atoms with E-state index in [9.17, 15) is 19.2 Å². The predicted octanol–water partition coefficient (Wildman–Crippen LogP) is -0.350. The van der Waals surface area contributed by atoms with Crippen LogP contribution in [0.4, 0.5) is 0 Å². The molecule has 0 saturated carbocycles. The van der Waals surface area contributed by atoms with Crippen molar-refractivity contribution >= 4 is 35.5 Å². The first-order valence-electron chi connectivity index (χ1n) is 8.23. The molecule has 142 valence electrons. The normalized spacial score (nSPS) is 30.7. The van der Waals surface area contributed by atoms with Gasteiger partial charge in [0.25, 0.3) is 17.5 Å². The van der Waals surface area contributed by atoms with Crippen LogP contribution in [0, 0.1) is 0 Å². The Bertz CT molecular complexity index is 817. The van der Waals surface area contributed by atoms with E-state index in [-0.39, 0.29) is 13.0 Å². The predicted molar refractivity (Wildman–Crippen MR) is 91.3 cm³/mol. The number of carbonyl (C=O) groups is 4. The van der Waals surface area contributed by atoms with Gasteiger partial charge in [-0.3, -0.25) is 19.3 Å². The van der Waals surface area contributed by atoms with Crippen LogP contribution in [0.25, 0.3) is 0 Å². The van der Waals surface area contributed by atoms with Gasteiger partial charge in [-0.1, -0.05) is 18.2 Å². The fourth-order valence-corrected chi connectivity index (χ4v) is 5.21. The lowest BCUT2D eigenvalue weighted by Gasteiger charge is -2.46. The van der Waals surface area contributed by atoms with Crippen molar-refractivity contribution in [3.63, 3.8) is 0 Å². The van der Waals surface area contributed by atoms with Gasteiger partial charge >= 0.3 is 11.9 Å². The largest absolute Gasteiger partial charge is 0.484 e. The van der Waals surface area contributed by atoms with E-state index in [4.69, 9.17) is 14.2 Å². The van der Waals surface area contributed by atoms with Crippen molar-refractivity contribution in [1.29, 1.82) is 0 Å². The molecule has 4 rings (SSSR count). The minimum atomic E-state index is -1.74. The molecule has 9 nitrogen and oxygen atoms in total. The van der Waals surface area contributed by atoms with Gasteiger partial charge in [-0.25, -0.2) is 4.79 Å². The lowest BCUT2D eigenvalue weighted by molar-refractivity contribution is -0.206. The van der Waals surface area contributed by atoms with Gasteiger partial charge in [0.2, 0.25) is 0 Å². The van der Waals surface area contributed by atoms with Crippen LogP contribution in [0.15, 0.2) is 30.3 Å². The third kappa shape index (κ3) is 2.62. The molecule has 0 aliphatic carbocycles. The van der Waals surface area contributed by atoms with E-state index < -0.39 is 46.1 Å². The highest BCUT2D eigenvalue weighted by atomic mass is 32.2. The van der Waals surface area contributed by atoms with Crippen molar-refractivity contribution < 1.29 is 33.4 Å². The molecule has 3 heterocycles. The van der Waals surface area contributed by atoms with Gasteiger partial charge in [0, 0.05) is 0 Å². The first-order chi connectivity index (χ1) is 13.0. The Morgan fingerprint density at radius 2 is 2.07 bits per heavy atom. The monoisotopic (exact) mass is 392 g/mol. The maximum Gasteiger partial charge on any atom is 0.373 e. The lowest BCUT2D eigenvalue weighted by Crippen LogP contribution is -2.75. The number of methoxy groups -OCH3 is 1. The Morgan fingerprint density at radius 1 is 1.33 bits per heavy atom. The number of ether oxygens (including phenoxy) is 3. The van der Waals surface area contributed by atoms with Crippen LogP contribution in [0.3, 0.4) is 0 Å². The summed E-state index contributed by atoms with van der Waals surface area (Å²) in [5, 5.41) is 1.55. The Hall–Kier alpha value is -2.75. The molecule has 10 heteroatoms. The zero-order chi connectivity index (χ0) is 19.2. The minimum Gasteiger partial charge on any atom is -0.484 e. The van der Waals surface area contributed by atoms with Crippen molar-refractivity contribution in [3.05, 3.63) is 30.3 Å². The summed E-state index contributed by atoms with van der Waals surface area (Å²) >= 11 is 1.25. The Morgan fingerprint density at radius 3 is 2.78 bits per heavy atom. The smallest absolute Gasteiger partial charge is 0.373 e. The third-order valence-corrected chi connectivity index (χ3v) is 6.25. The molecule has 1 aromatic carbocycles. The number of nitrogens with one attached hydrogen (secondary N) is 1. The summed E-state index contributed by atoms with van der Waals surface area (Å²) in [7, 11) is 1.17. The topological polar surface area (TPSA) is 111 Å². The van der Waals surface area contributed by atoms with Gasteiger partial charge in [0.1, 0.15) is 17.2 Å². The Kier molecular flexibility index (Phi) is 4.22. The van der Waals surface area contributed by atoms with Gasteiger partial charge in [-0.05, 0) is 12.1 Å². The highest BCUT2D eigenvalue weighted by Gasteiger charge is 2.75. The number of hydrogen-bond acceptors (Lipinski definition) is 8. The standard InChI is InChI=1S/C17H16N2O7S/c1-24-16(23)17-10(7-12(21)26-17)27-15-13(14(22)19(15)17)18-11(20)8-25-9-5-3-2-4-6-9/h2-6,10,13,15H,7-8H2,1H3,(H,18,20)/t10-,13-,15-,17-/m1/s1. The molecule has 0 radical (unpaired) electrons. The maximum atomic E-state index is 12.6. The first kappa shape index (κ1) is 17.7. The van der Waals surface area contributed by atoms with Crippen LogP contribution < -0.4 is 10.1 Å². The summed E-state index contributed by atoms with van der Waals surface area (Å²) in [5.74, 6) is -1.77. The van der Waals surface area contributed by atoms with Gasteiger partial charge in [0.15, 0.2) is 6.61 Å². The van der Waals surface area contributed by atoms with Gasteiger partial charge in [-0.2, -0.15) is 0 Å². The number of amides is 2. The highest BCUT2D eigenvalue weighted by molar-refractivity contribution is 8.01. The van der Waals surface area contributed by atoms with E-state index in [0.29, 0.717) is 5.75 Å². The van der Waals surface area contributed by atoms with Crippen molar-refractivity contribution in [2.24, 2.45) is 0 Å². The molecule has 3 saturated heterocycles. The second-order valence-corrected chi connectivity index (χ2v) is 7.56. The highest BCUT2D eigenvalue weighted by Crippen LogP contribution is 2.55. The minimum absolute atomic E-state index is 0.00215. The molecule has 2 amide bonds. The van der Waals surface area contributed by atoms with E-state index in [1.165, 1.54) is 23.8 Å². The average molecular weight is 392 g/mol. The number of rotatable bonds is 5. The summed E-state index contributed by atoms with van der Waals surface area (Å²) in [5.41, 5.74) is -1.74. The number of β-lactam (4-membered cyclic amide) rings is 1. The lowest BCUT2D eigenvalue weighted by atomic mass is 9.98. The number of para-hydroxylation sites is 1. The van der Waals surface area contributed by atoms with Gasteiger partial charge in [0.05, 0.1) is 18.8 Å². The summed E-state index contributed by atoms with van der Waals surface area (Å²) in [6, 6.07) is 8.00. The van der Waals surface area contributed by atoms with Crippen LogP contribution in [-0.2, 0) is 28.7 Å². The molecule has 1 aromatic rings. The number of benzene rings is 1. The molecule has 3 aliphatic rings. The molecular formula is C17H16N2O7S. The van der Waals surface area contributed by atoms with Gasteiger partial charge < -0.3 is 19.5 Å². The van der Waals surface area contributed by atoms with E-state index in [2.05, 4.69) is 5.32 Å². The van der Waals surface area contributed by atoms with E-state index in [1.54, 1.807) is 24.3 Å². The third-order valence-electron chi connectivity index (χ3n) is 4.67. The number of fused-ring (bicyclic) bond motifs is 3. The van der Waals surface area contributed by atoms with Crippen molar-refractivity contribution in [3.8, 4) is 5.75 Å². The quantitative estimate of drug-likeness (QED) is 0.535. The van der Waals surface area contributed by atoms with E-state index >= 15 is 0 Å². The molecule has 0 spiro atoms. The zero-order valence-electron chi connectivity index (χ0n) is 14.2. The number of thioether (sulfide) groups is 1. The second-order valence-electron chi connectivity index (χ2n) is 6.24. The average Bonchev–Trinajstić information content (AvgIpc) is 3.14. The molecule has 1 N–H and O–H groups in total. The second kappa shape index (κ2) is 6.45. The molecule has 3 fully saturated rings. The first-order valence-corrected chi connectivity index (χ1v) is 9.17. The molecule has 0 aromatic heterocycles. The van der Waals surface area contributed by atoms with Crippen molar-refractivity contribution in [2.75, 3.05) is 13.7 Å². The Balaban J connectivity index is 1.42. The SMILES string of the molecule is COC(=O)[C@]12OC(=O)C[C@H]1S[C@@H]1[C@H](NC(=O)COc3ccccc3)C(=O)N12. The number of esters is 2. The van der Waals surface area contributed by atoms with Crippen molar-refractivity contribution in [2.45, 2.75) is 28.8 Å². The van der Waals surface area contributed by atoms with Crippen LogP contribution in [-0.4, -0.2) is 64.8 Å². The molecule has 27 heavy (non-hydrogen) atoms. The summed E-state index contributed by atoms with van der Waals surface area (Å²) in [6.07, 6.45) is -0.00215. The van der Waals surface area contributed by atoms with Crippen LogP contribution in [0.2, 0.25) is 0 Å². The number of hydrogen-bond donors (Lipinski definition) is 1. The fraction of sp³-hybridized carbons (Fsp3) is 0.412. The molecule has 0 bridgehead atoms. The van der Waals surface area contributed by atoms with Crippen LogP contribution in [0.5, 0.6) is 5.75 Å². The van der Waals surface area contributed by atoms with Crippen molar-refractivity contribution in [1.82, 2.24) is 10.2 Å². The summed E-state index contributed by atoms with van der Waals surface area (Å²) in [4.78, 5) is 49.9. The Labute approximate surface area is 158 Å². The summed E-state index contributed by atoms with van der Waals surface area (Å²) < 4.78 is 15.3. The molecule has 0 unspecified atom stereocenters. The number of nitrogens with zero attached hydrogens (tertiary/aromatic N) is 1. The summed E-state index contributed by atoms with van der Waals surface area (Å²) in [6.45, 7) is -0.244. The van der Waals surface area contributed by atoms with E-state index in [1.807, 2.05) is 6.07 Å². The molecule has 3 aliphatic heterocycles. The fourth-order valence-electron chi connectivity index (χ4n) is 3.47. The van der Waals surface area contributed by atoms with E-state index in [0.717, 1.165) is 0 Å². The van der Waals surface area contributed by atoms with Crippen LogP contribution in [0.1, 0.15) is 6.42 Å². The zero-order valence-corrected chi connectivity index (χ0v) is 15.1. The number of carbonyl (C=O) groups excluding carboxylic acids is 4. The van der Waals surface area contributed by atoms with Gasteiger partial charge in [-0.15, -0.1) is 11.8 Å². The molecular weight excluding hydrogens is 376 g/mol. The molecule has 4 atom stereocenters. The van der Waals surface area contributed by atoms with Crippen LogP contribution >= 0.6 is 11.8 Å².